The summed E-state index contributed by atoms with van der Waals surface area (Å²) in [6, 6.07) is 7.98. The van der Waals surface area contributed by atoms with Gasteiger partial charge in [-0.3, -0.25) is 4.99 Å². The summed E-state index contributed by atoms with van der Waals surface area (Å²) in [5.41, 5.74) is 1.08. The van der Waals surface area contributed by atoms with Gasteiger partial charge in [-0.05, 0) is 19.1 Å². The molecule has 0 amide bonds. The number of hydrogen-bond acceptors (Lipinski definition) is 5. The van der Waals surface area contributed by atoms with E-state index in [0.29, 0.717) is 0 Å². The number of piperazine rings is 1. The van der Waals surface area contributed by atoms with E-state index in [1.807, 2.05) is 25.1 Å². The van der Waals surface area contributed by atoms with Gasteiger partial charge in [-0.2, -0.15) is 0 Å². The molecule has 1 fully saturated rings. The molecule has 0 radical (unpaired) electrons. The summed E-state index contributed by atoms with van der Waals surface area (Å²) in [6.45, 7) is 6.12. The van der Waals surface area contributed by atoms with E-state index in [9.17, 15) is 8.42 Å². The average Bonchev–Trinajstić information content (AvgIpc) is 2.60. The highest BCUT2D eigenvalue weighted by Gasteiger charge is 2.21. The van der Waals surface area contributed by atoms with Crippen LogP contribution in [0.25, 0.3) is 0 Å². The Balaban J connectivity index is 1.99. The Morgan fingerprint density at radius 1 is 1.28 bits per heavy atom. The Kier molecular flexibility index (Phi) is 6.89. The molecule has 0 aliphatic carbocycles. The number of primary sulfonamides is 1. The molecule has 8 nitrogen and oxygen atoms in total. The minimum Gasteiger partial charge on any atom is -0.495 e. The maximum absolute atomic E-state index is 11.1. The third-order valence-corrected chi connectivity index (χ3v) is 4.73. The predicted octanol–water partition coefficient (Wildman–Crippen LogP) is 0.0712. The molecule has 0 spiro atoms. The van der Waals surface area contributed by atoms with E-state index >= 15 is 0 Å². The molecule has 2 rings (SSSR count). The lowest BCUT2D eigenvalue weighted by Crippen LogP contribution is -2.52. The molecule has 1 saturated heterocycles. The number of para-hydroxylation sites is 2. The molecule has 140 valence electrons. The van der Waals surface area contributed by atoms with E-state index in [1.165, 1.54) is 0 Å². The van der Waals surface area contributed by atoms with Crippen LogP contribution >= 0.6 is 0 Å². The summed E-state index contributed by atoms with van der Waals surface area (Å²) in [6.07, 6.45) is 0. The second kappa shape index (κ2) is 8.91. The number of hydrogen-bond donors (Lipinski definition) is 2. The van der Waals surface area contributed by atoms with Crippen molar-refractivity contribution >= 4 is 21.7 Å². The molecule has 3 N–H and O–H groups in total. The van der Waals surface area contributed by atoms with Gasteiger partial charge in [-0.15, -0.1) is 0 Å². The highest BCUT2D eigenvalue weighted by Crippen LogP contribution is 2.28. The Bertz CT molecular complexity index is 685. The number of benzene rings is 1. The number of rotatable bonds is 6. The third kappa shape index (κ3) is 5.79. The van der Waals surface area contributed by atoms with E-state index in [2.05, 4.69) is 26.2 Å². The fourth-order valence-electron chi connectivity index (χ4n) is 2.75. The van der Waals surface area contributed by atoms with Gasteiger partial charge < -0.3 is 19.9 Å². The molecular formula is C16H27N5O3S. The van der Waals surface area contributed by atoms with Crippen molar-refractivity contribution < 1.29 is 13.2 Å². The highest BCUT2D eigenvalue weighted by molar-refractivity contribution is 7.89. The van der Waals surface area contributed by atoms with Crippen molar-refractivity contribution in [3.05, 3.63) is 24.3 Å². The van der Waals surface area contributed by atoms with Crippen molar-refractivity contribution in [2.75, 3.05) is 57.0 Å². The topological polar surface area (TPSA) is 100 Å². The summed E-state index contributed by atoms with van der Waals surface area (Å²) in [7, 11) is -1.82. The van der Waals surface area contributed by atoms with Gasteiger partial charge in [0.05, 0.1) is 25.1 Å². The van der Waals surface area contributed by atoms with Gasteiger partial charge in [0.1, 0.15) is 5.75 Å². The summed E-state index contributed by atoms with van der Waals surface area (Å²) in [5.74, 6) is 1.44. The molecule has 1 aliphatic heterocycles. The van der Waals surface area contributed by atoms with Crippen LogP contribution in [0.3, 0.4) is 0 Å². The molecule has 0 aromatic heterocycles. The van der Waals surface area contributed by atoms with E-state index in [1.54, 1.807) is 7.11 Å². The van der Waals surface area contributed by atoms with Crippen molar-refractivity contribution in [3.63, 3.8) is 0 Å². The molecule has 1 aromatic rings. The second-order valence-electron chi connectivity index (χ2n) is 5.75. The molecular weight excluding hydrogens is 342 g/mol. The monoisotopic (exact) mass is 369 g/mol. The van der Waals surface area contributed by atoms with Crippen LogP contribution in [0, 0.1) is 0 Å². The third-order valence-electron chi connectivity index (χ3n) is 3.98. The van der Waals surface area contributed by atoms with Gasteiger partial charge in [0.25, 0.3) is 0 Å². The van der Waals surface area contributed by atoms with E-state index < -0.39 is 10.0 Å². The molecule has 1 aliphatic rings. The largest absolute Gasteiger partial charge is 0.495 e. The number of nitrogens with one attached hydrogen (secondary N) is 1. The smallest absolute Gasteiger partial charge is 0.210 e. The number of nitrogens with two attached hydrogens (primary N) is 1. The number of sulfonamides is 1. The minimum absolute atomic E-state index is 0.150. The molecule has 0 atom stereocenters. The van der Waals surface area contributed by atoms with Gasteiger partial charge in [0.15, 0.2) is 5.96 Å². The minimum atomic E-state index is -3.49. The van der Waals surface area contributed by atoms with Crippen LogP contribution < -0.4 is 20.1 Å². The fourth-order valence-corrected chi connectivity index (χ4v) is 3.10. The SMILES string of the molecule is CCNC(=NCCS(N)(=O)=O)N1CCN(c2ccccc2OC)CC1. The molecule has 0 saturated carbocycles. The summed E-state index contributed by atoms with van der Waals surface area (Å²) in [5, 5.41) is 8.25. The van der Waals surface area contributed by atoms with E-state index in [4.69, 9.17) is 9.88 Å². The van der Waals surface area contributed by atoms with Gasteiger partial charge in [0.2, 0.25) is 10.0 Å². The molecule has 0 bridgehead atoms. The van der Waals surface area contributed by atoms with Crippen molar-refractivity contribution in [1.29, 1.82) is 0 Å². The lowest BCUT2D eigenvalue weighted by molar-refractivity contribution is 0.367. The van der Waals surface area contributed by atoms with Gasteiger partial charge in [0, 0.05) is 32.7 Å². The normalized spacial score (nSPS) is 16.0. The van der Waals surface area contributed by atoms with Crippen LogP contribution in [-0.4, -0.2) is 71.4 Å². The molecule has 25 heavy (non-hydrogen) atoms. The number of aliphatic imine (C=N–C) groups is 1. The first-order valence-corrected chi connectivity index (χ1v) is 10.1. The van der Waals surface area contributed by atoms with Crippen LogP contribution in [0.2, 0.25) is 0 Å². The zero-order valence-corrected chi connectivity index (χ0v) is 15.6. The molecule has 0 unspecified atom stereocenters. The van der Waals surface area contributed by atoms with E-state index in [0.717, 1.165) is 50.1 Å². The second-order valence-corrected chi connectivity index (χ2v) is 7.48. The maximum Gasteiger partial charge on any atom is 0.210 e. The van der Waals surface area contributed by atoms with Crippen LogP contribution in [-0.2, 0) is 10.0 Å². The number of guanidine groups is 1. The van der Waals surface area contributed by atoms with Crippen LogP contribution in [0.1, 0.15) is 6.92 Å². The summed E-state index contributed by atoms with van der Waals surface area (Å²) >= 11 is 0. The van der Waals surface area contributed by atoms with Crippen molar-refractivity contribution in [3.8, 4) is 5.75 Å². The Labute approximate surface area is 149 Å². The van der Waals surface area contributed by atoms with Gasteiger partial charge >= 0.3 is 0 Å². The zero-order chi connectivity index (χ0) is 18.3. The Morgan fingerprint density at radius 3 is 2.56 bits per heavy atom. The first kappa shape index (κ1) is 19.3. The number of ether oxygens (including phenoxy) is 1. The number of anilines is 1. The molecule has 1 aromatic carbocycles. The maximum atomic E-state index is 11.1. The first-order chi connectivity index (χ1) is 11.9. The lowest BCUT2D eigenvalue weighted by Gasteiger charge is -2.38. The fraction of sp³-hybridized carbons (Fsp3) is 0.562. The van der Waals surface area contributed by atoms with Crippen molar-refractivity contribution in [2.45, 2.75) is 6.92 Å². The Morgan fingerprint density at radius 2 is 1.96 bits per heavy atom. The number of methoxy groups -OCH3 is 1. The van der Waals surface area contributed by atoms with E-state index in [-0.39, 0.29) is 12.3 Å². The summed E-state index contributed by atoms with van der Waals surface area (Å²) < 4.78 is 27.6. The zero-order valence-electron chi connectivity index (χ0n) is 14.8. The molecule has 1 heterocycles. The van der Waals surface area contributed by atoms with Crippen LogP contribution in [0.5, 0.6) is 5.75 Å². The predicted molar refractivity (Wildman–Crippen MR) is 101 cm³/mol. The summed E-state index contributed by atoms with van der Waals surface area (Å²) in [4.78, 5) is 8.80. The Hall–Kier alpha value is -2.00. The van der Waals surface area contributed by atoms with Gasteiger partial charge in [-0.1, -0.05) is 12.1 Å². The van der Waals surface area contributed by atoms with Gasteiger partial charge in [-0.25, -0.2) is 13.6 Å². The quantitative estimate of drug-likeness (QED) is 0.544. The standard InChI is InChI=1S/C16H27N5O3S/c1-3-18-16(19-8-13-25(17,22)23)21-11-9-20(10-12-21)14-6-4-5-7-15(14)24-2/h4-7H,3,8-13H2,1-2H3,(H,18,19)(H2,17,22,23). The van der Waals surface area contributed by atoms with Crippen molar-refractivity contribution in [2.24, 2.45) is 10.1 Å². The number of nitrogens with zero attached hydrogens (tertiary/aromatic N) is 3. The van der Waals surface area contributed by atoms with Crippen molar-refractivity contribution in [1.82, 2.24) is 10.2 Å². The van der Waals surface area contributed by atoms with Crippen LogP contribution in [0.4, 0.5) is 5.69 Å². The first-order valence-electron chi connectivity index (χ1n) is 8.36. The molecule has 9 heteroatoms. The average molecular weight is 369 g/mol. The van der Waals surface area contributed by atoms with Crippen LogP contribution in [0.15, 0.2) is 29.3 Å². The lowest BCUT2D eigenvalue weighted by atomic mass is 10.2. The highest BCUT2D eigenvalue weighted by atomic mass is 32.2.